The summed E-state index contributed by atoms with van der Waals surface area (Å²) in [7, 11) is 0. The Morgan fingerprint density at radius 3 is 1.32 bits per heavy atom. The first kappa shape index (κ1) is 24.7. The van der Waals surface area contributed by atoms with Crippen LogP contribution in [0.4, 0.5) is 0 Å². The largest absolute Gasteiger partial charge is 0.142 e. The third kappa shape index (κ3) is 6.33. The van der Waals surface area contributed by atoms with Crippen molar-refractivity contribution in [3.63, 3.8) is 0 Å². The summed E-state index contributed by atoms with van der Waals surface area (Å²) in [6.07, 6.45) is 15.3. The van der Waals surface area contributed by atoms with Crippen LogP contribution in [0.3, 0.4) is 0 Å². The van der Waals surface area contributed by atoms with Crippen LogP contribution in [0.2, 0.25) is 0 Å². The third-order valence-electron chi connectivity index (χ3n) is 6.18. The fourth-order valence-electron chi connectivity index (χ4n) is 4.24. The fraction of sp³-hybridized carbons (Fsp3) is 0.571. The van der Waals surface area contributed by atoms with Crippen molar-refractivity contribution >= 4 is 34.0 Å². The molecule has 0 saturated heterocycles. The van der Waals surface area contributed by atoms with Crippen LogP contribution in [0.1, 0.15) is 101 Å². The van der Waals surface area contributed by atoms with E-state index in [4.69, 9.17) is 0 Å². The second-order valence-electron chi connectivity index (χ2n) is 8.72. The maximum Gasteiger partial charge on any atom is 0.0477 e. The highest BCUT2D eigenvalue weighted by atomic mass is 32.1. The summed E-state index contributed by atoms with van der Waals surface area (Å²) < 4.78 is 0. The second-order valence-corrected chi connectivity index (χ2v) is 11.6. The summed E-state index contributed by atoms with van der Waals surface area (Å²) in [6.45, 7) is 9.23. The lowest BCUT2D eigenvalue weighted by Gasteiger charge is -2.07. The molecule has 0 aliphatic carbocycles. The molecule has 0 amide bonds. The van der Waals surface area contributed by atoms with Gasteiger partial charge in [0.2, 0.25) is 0 Å². The van der Waals surface area contributed by atoms with Crippen molar-refractivity contribution in [1.29, 1.82) is 0 Å². The minimum absolute atomic E-state index is 1.24. The van der Waals surface area contributed by atoms with Crippen LogP contribution >= 0.6 is 34.0 Å². The van der Waals surface area contributed by atoms with Gasteiger partial charge in [-0.1, -0.05) is 53.4 Å². The lowest BCUT2D eigenvalue weighted by molar-refractivity contribution is 0.763. The smallest absolute Gasteiger partial charge is 0.0477 e. The van der Waals surface area contributed by atoms with Gasteiger partial charge in [0.25, 0.3) is 0 Å². The molecule has 0 unspecified atom stereocenters. The molecule has 0 spiro atoms. The van der Waals surface area contributed by atoms with E-state index in [1.165, 1.54) is 86.8 Å². The van der Waals surface area contributed by atoms with Crippen LogP contribution in [0.15, 0.2) is 22.9 Å². The topological polar surface area (TPSA) is 0 Å². The molecule has 0 aromatic carbocycles. The maximum atomic E-state index is 2.45. The number of hydrogen-bond donors (Lipinski definition) is 0. The van der Waals surface area contributed by atoms with Gasteiger partial charge in [-0.15, -0.1) is 34.0 Å². The molecule has 3 aromatic rings. The molecule has 3 heterocycles. The van der Waals surface area contributed by atoms with Crippen molar-refractivity contribution in [2.45, 2.75) is 105 Å². The van der Waals surface area contributed by atoms with E-state index in [9.17, 15) is 0 Å². The minimum Gasteiger partial charge on any atom is -0.142 e. The molecule has 3 rings (SSSR count). The number of unbranched alkanes of at least 4 members (excludes halogenated alkanes) is 4. The van der Waals surface area contributed by atoms with E-state index in [-0.39, 0.29) is 0 Å². The van der Waals surface area contributed by atoms with Gasteiger partial charge < -0.3 is 0 Å². The van der Waals surface area contributed by atoms with Crippen LogP contribution in [-0.2, 0) is 25.7 Å². The van der Waals surface area contributed by atoms with Gasteiger partial charge in [-0.3, -0.25) is 0 Å². The van der Waals surface area contributed by atoms with Crippen molar-refractivity contribution in [3.05, 3.63) is 45.1 Å². The Balaban J connectivity index is 1.91. The van der Waals surface area contributed by atoms with Gasteiger partial charge in [-0.05, 0) is 96.5 Å². The van der Waals surface area contributed by atoms with Crippen LogP contribution in [-0.4, -0.2) is 0 Å². The highest BCUT2D eigenvalue weighted by molar-refractivity contribution is 7.26. The Bertz CT molecular complexity index is 836. The quantitative estimate of drug-likeness (QED) is 0.219. The molecule has 3 aromatic heterocycles. The zero-order valence-corrected chi connectivity index (χ0v) is 22.5. The predicted octanol–water partition coefficient (Wildman–Crippen LogP) is 10.6. The van der Waals surface area contributed by atoms with Crippen LogP contribution in [0, 0.1) is 0 Å². The van der Waals surface area contributed by atoms with Crippen molar-refractivity contribution in [2.24, 2.45) is 0 Å². The highest BCUT2D eigenvalue weighted by Gasteiger charge is 2.18. The summed E-state index contributed by atoms with van der Waals surface area (Å²) in [5.74, 6) is 0. The van der Waals surface area contributed by atoms with E-state index in [0.29, 0.717) is 0 Å². The Morgan fingerprint density at radius 2 is 0.935 bits per heavy atom. The van der Waals surface area contributed by atoms with Crippen LogP contribution in [0.5, 0.6) is 0 Å². The van der Waals surface area contributed by atoms with E-state index in [2.05, 4.69) is 50.6 Å². The van der Waals surface area contributed by atoms with Crippen LogP contribution in [0.25, 0.3) is 19.5 Å². The molecular weight excluding hydrogens is 433 g/mol. The standard InChI is InChI=1S/C28H40S3/c1-5-9-13-21-19-29-27(23(21)15-11-7-3)25-17-18-26(31-25)28-24(16-12-8-4)22(20-30-28)14-10-6-2/h17-20H,5-16H2,1-4H3. The molecule has 170 valence electrons. The summed E-state index contributed by atoms with van der Waals surface area (Å²) in [5.41, 5.74) is 6.53. The molecule has 0 N–H and O–H groups in total. The number of hydrogen-bond acceptors (Lipinski definition) is 3. The number of aryl methyl sites for hydroxylation is 2. The normalized spacial score (nSPS) is 11.5. The first-order valence-corrected chi connectivity index (χ1v) is 15.1. The monoisotopic (exact) mass is 472 g/mol. The lowest BCUT2D eigenvalue weighted by Crippen LogP contribution is -1.92. The van der Waals surface area contributed by atoms with Crippen molar-refractivity contribution in [3.8, 4) is 19.5 Å². The molecular formula is C28H40S3. The van der Waals surface area contributed by atoms with Crippen molar-refractivity contribution in [1.82, 2.24) is 0 Å². The first-order chi connectivity index (χ1) is 15.2. The molecule has 31 heavy (non-hydrogen) atoms. The SMILES string of the molecule is CCCCc1csc(-c2ccc(-c3scc(CCCC)c3CCCC)s2)c1CCCC. The predicted molar refractivity (Wildman–Crippen MR) is 145 cm³/mol. The summed E-state index contributed by atoms with van der Waals surface area (Å²) in [6, 6.07) is 4.81. The van der Waals surface area contributed by atoms with Gasteiger partial charge in [0, 0.05) is 19.5 Å². The van der Waals surface area contributed by atoms with Crippen molar-refractivity contribution in [2.75, 3.05) is 0 Å². The average Bonchev–Trinajstić information content (AvgIpc) is 3.51. The molecule has 0 saturated carbocycles. The molecule has 0 nitrogen and oxygen atoms in total. The lowest BCUT2D eigenvalue weighted by atomic mass is 9.99. The van der Waals surface area contributed by atoms with E-state index in [1.807, 2.05) is 34.0 Å². The molecule has 0 aliphatic rings. The van der Waals surface area contributed by atoms with Gasteiger partial charge >= 0.3 is 0 Å². The minimum atomic E-state index is 1.24. The Hall–Kier alpha value is -0.900. The van der Waals surface area contributed by atoms with Gasteiger partial charge in [0.1, 0.15) is 0 Å². The van der Waals surface area contributed by atoms with E-state index >= 15 is 0 Å². The Kier molecular flexibility index (Phi) is 10.3. The molecule has 0 atom stereocenters. The Morgan fingerprint density at radius 1 is 0.548 bits per heavy atom. The molecule has 3 heteroatoms. The number of thiophene rings is 3. The van der Waals surface area contributed by atoms with Crippen molar-refractivity contribution < 1.29 is 0 Å². The first-order valence-electron chi connectivity index (χ1n) is 12.5. The van der Waals surface area contributed by atoms with E-state index in [1.54, 1.807) is 32.0 Å². The maximum absolute atomic E-state index is 2.45. The fourth-order valence-corrected chi connectivity index (χ4v) is 7.88. The molecule has 0 bridgehead atoms. The molecule has 0 aliphatic heterocycles. The third-order valence-corrected chi connectivity index (χ3v) is 9.76. The highest BCUT2D eigenvalue weighted by Crippen LogP contribution is 2.44. The van der Waals surface area contributed by atoms with Gasteiger partial charge in [-0.25, -0.2) is 0 Å². The van der Waals surface area contributed by atoms with Gasteiger partial charge in [0.05, 0.1) is 0 Å². The van der Waals surface area contributed by atoms with E-state index in [0.717, 1.165) is 0 Å². The summed E-state index contributed by atoms with van der Waals surface area (Å²) >= 11 is 6.00. The second kappa shape index (κ2) is 13.0. The zero-order valence-electron chi connectivity index (χ0n) is 20.0. The van der Waals surface area contributed by atoms with Crippen LogP contribution < -0.4 is 0 Å². The van der Waals surface area contributed by atoms with E-state index < -0.39 is 0 Å². The number of rotatable bonds is 14. The Labute approximate surface area is 202 Å². The average molecular weight is 473 g/mol. The molecule has 0 fully saturated rings. The van der Waals surface area contributed by atoms with Gasteiger partial charge in [-0.2, -0.15) is 0 Å². The van der Waals surface area contributed by atoms with Gasteiger partial charge in [0.15, 0.2) is 0 Å². The summed E-state index contributed by atoms with van der Waals surface area (Å²) in [4.78, 5) is 6.07. The summed E-state index contributed by atoms with van der Waals surface area (Å²) in [5, 5.41) is 4.91. The molecule has 0 radical (unpaired) electrons. The zero-order chi connectivity index (χ0) is 22.1.